The Labute approximate surface area is 128 Å². The van der Waals surface area contributed by atoms with E-state index in [-0.39, 0.29) is 22.5 Å². The Morgan fingerprint density at radius 3 is 2.62 bits per heavy atom. The minimum Gasteiger partial charge on any atom is -0.366 e. The first-order chi connectivity index (χ1) is 9.88. The molecule has 0 unspecified atom stereocenters. The van der Waals surface area contributed by atoms with Gasteiger partial charge in [-0.15, -0.1) is 0 Å². The molecular weight excluding hydrogens is 341 g/mol. The van der Waals surface area contributed by atoms with Gasteiger partial charge in [-0.3, -0.25) is 9.59 Å². The van der Waals surface area contributed by atoms with Gasteiger partial charge in [-0.25, -0.2) is 9.37 Å². The molecule has 0 fully saturated rings. The van der Waals surface area contributed by atoms with E-state index in [2.05, 4.69) is 26.2 Å². The number of carbonyl (C=O) groups excluding carboxylic acids is 2. The van der Waals surface area contributed by atoms with E-state index in [0.717, 1.165) is 10.5 Å². The van der Waals surface area contributed by atoms with Gasteiger partial charge in [0, 0.05) is 27.5 Å². The van der Waals surface area contributed by atoms with Crippen molar-refractivity contribution in [3.63, 3.8) is 0 Å². The number of nitrogens with one attached hydrogen (secondary N) is 1. The number of hydrogen-bond acceptors (Lipinski definition) is 3. The van der Waals surface area contributed by atoms with Gasteiger partial charge in [0.05, 0.1) is 0 Å². The van der Waals surface area contributed by atoms with Crippen LogP contribution in [0.1, 0.15) is 26.4 Å². The fourth-order valence-electron chi connectivity index (χ4n) is 1.65. The number of amides is 2. The number of carbonyl (C=O) groups is 2. The van der Waals surface area contributed by atoms with Gasteiger partial charge >= 0.3 is 0 Å². The lowest BCUT2D eigenvalue weighted by molar-refractivity contribution is 0.0995. The molecule has 0 atom stereocenters. The molecule has 0 aliphatic carbocycles. The van der Waals surface area contributed by atoms with Crippen LogP contribution in [0.25, 0.3) is 0 Å². The molecule has 2 amide bonds. The maximum absolute atomic E-state index is 13.7. The van der Waals surface area contributed by atoms with Crippen molar-refractivity contribution in [2.75, 3.05) is 5.32 Å². The molecule has 1 aromatic heterocycles. The second kappa shape index (κ2) is 6.01. The molecule has 5 nitrogen and oxygen atoms in total. The lowest BCUT2D eigenvalue weighted by atomic mass is 10.1. The predicted molar refractivity (Wildman–Crippen MR) is 79.5 cm³/mol. The van der Waals surface area contributed by atoms with E-state index in [4.69, 9.17) is 5.73 Å². The van der Waals surface area contributed by atoms with Gasteiger partial charge < -0.3 is 11.1 Å². The summed E-state index contributed by atoms with van der Waals surface area (Å²) in [5.74, 6) is -1.90. The summed E-state index contributed by atoms with van der Waals surface area (Å²) in [6, 6.07) is 5.54. The number of pyridine rings is 1. The Hall–Kier alpha value is -2.28. The highest BCUT2D eigenvalue weighted by atomic mass is 79.9. The molecule has 0 saturated carbocycles. The molecule has 2 rings (SSSR count). The molecule has 0 aliphatic heterocycles. The fraction of sp³-hybridized carbons (Fsp3) is 0.0714. The van der Waals surface area contributed by atoms with Gasteiger partial charge in [0.15, 0.2) is 0 Å². The highest BCUT2D eigenvalue weighted by Gasteiger charge is 2.14. The van der Waals surface area contributed by atoms with E-state index in [1.54, 1.807) is 6.07 Å². The second-order valence-electron chi connectivity index (χ2n) is 4.31. The number of aromatic nitrogens is 1. The van der Waals surface area contributed by atoms with Crippen molar-refractivity contribution in [3.05, 3.63) is 57.6 Å². The molecule has 7 heteroatoms. The molecule has 108 valence electrons. The van der Waals surface area contributed by atoms with Crippen LogP contribution in [0.5, 0.6) is 0 Å². The number of hydrogen-bond donors (Lipinski definition) is 2. The highest BCUT2D eigenvalue weighted by molar-refractivity contribution is 9.10. The van der Waals surface area contributed by atoms with Crippen LogP contribution < -0.4 is 11.1 Å². The molecule has 2 aromatic rings. The van der Waals surface area contributed by atoms with E-state index in [1.165, 1.54) is 25.3 Å². The summed E-state index contributed by atoms with van der Waals surface area (Å²) in [6.07, 6.45) is 1.47. The van der Waals surface area contributed by atoms with Gasteiger partial charge in [0.1, 0.15) is 11.5 Å². The Kier molecular flexibility index (Phi) is 4.32. The first-order valence-corrected chi connectivity index (χ1v) is 6.70. The van der Waals surface area contributed by atoms with Gasteiger partial charge in [0.2, 0.25) is 5.91 Å². The molecule has 21 heavy (non-hydrogen) atoms. The average Bonchev–Trinajstić information content (AvgIpc) is 2.44. The summed E-state index contributed by atoms with van der Waals surface area (Å²) in [7, 11) is 0. The topological polar surface area (TPSA) is 85.1 Å². The van der Waals surface area contributed by atoms with E-state index < -0.39 is 17.6 Å². The lowest BCUT2D eigenvalue weighted by Gasteiger charge is -2.10. The van der Waals surface area contributed by atoms with Crippen LogP contribution >= 0.6 is 15.9 Å². The summed E-state index contributed by atoms with van der Waals surface area (Å²) in [5.41, 5.74) is 5.67. The number of halogens is 2. The number of primary amides is 1. The van der Waals surface area contributed by atoms with Crippen molar-refractivity contribution in [3.8, 4) is 0 Å². The largest absolute Gasteiger partial charge is 0.366 e. The summed E-state index contributed by atoms with van der Waals surface area (Å²) < 4.78 is 14.5. The van der Waals surface area contributed by atoms with Gasteiger partial charge in [-0.05, 0) is 47.1 Å². The molecule has 0 bridgehead atoms. The van der Waals surface area contributed by atoms with Crippen molar-refractivity contribution in [1.82, 2.24) is 4.98 Å². The van der Waals surface area contributed by atoms with Crippen LogP contribution in [0.15, 0.2) is 34.9 Å². The third-order valence-electron chi connectivity index (χ3n) is 2.84. The number of benzene rings is 1. The van der Waals surface area contributed by atoms with Crippen molar-refractivity contribution >= 4 is 33.4 Å². The SMILES string of the molecule is Cc1c(F)cc(C(N)=O)cc1NC(=O)c1ccc(Br)cn1. The lowest BCUT2D eigenvalue weighted by Crippen LogP contribution is -2.17. The molecule has 3 N–H and O–H groups in total. The first-order valence-electron chi connectivity index (χ1n) is 5.91. The first kappa shape index (κ1) is 15.1. The van der Waals surface area contributed by atoms with Crippen LogP contribution in [0, 0.1) is 12.7 Å². The summed E-state index contributed by atoms with van der Waals surface area (Å²) in [4.78, 5) is 27.1. The predicted octanol–water partition coefficient (Wildman–Crippen LogP) is 2.64. The van der Waals surface area contributed by atoms with E-state index in [0.29, 0.717) is 0 Å². The normalized spacial score (nSPS) is 10.2. The summed E-state index contributed by atoms with van der Waals surface area (Å²) in [5, 5.41) is 2.52. The minimum absolute atomic E-state index is 0.0165. The van der Waals surface area contributed by atoms with Gasteiger partial charge in [-0.1, -0.05) is 0 Å². The Balaban J connectivity index is 2.32. The molecular formula is C14H11BrFN3O2. The Morgan fingerprint density at radius 2 is 2.05 bits per heavy atom. The smallest absolute Gasteiger partial charge is 0.274 e. The third-order valence-corrected chi connectivity index (χ3v) is 3.31. The fourth-order valence-corrected chi connectivity index (χ4v) is 1.88. The van der Waals surface area contributed by atoms with Crippen LogP contribution in [0.4, 0.5) is 10.1 Å². The number of nitrogens with two attached hydrogens (primary N) is 1. The third kappa shape index (κ3) is 3.43. The molecule has 0 spiro atoms. The molecule has 1 aromatic carbocycles. The zero-order valence-electron chi connectivity index (χ0n) is 11.0. The zero-order valence-corrected chi connectivity index (χ0v) is 12.6. The molecule has 0 aliphatic rings. The van der Waals surface area contributed by atoms with E-state index in [9.17, 15) is 14.0 Å². The van der Waals surface area contributed by atoms with Gasteiger partial charge in [-0.2, -0.15) is 0 Å². The average molecular weight is 352 g/mol. The van der Waals surface area contributed by atoms with Crippen LogP contribution in [0.3, 0.4) is 0 Å². The van der Waals surface area contributed by atoms with Crippen LogP contribution in [0.2, 0.25) is 0 Å². The quantitative estimate of drug-likeness (QED) is 0.891. The monoisotopic (exact) mass is 351 g/mol. The van der Waals surface area contributed by atoms with Crippen molar-refractivity contribution < 1.29 is 14.0 Å². The second-order valence-corrected chi connectivity index (χ2v) is 5.23. The van der Waals surface area contributed by atoms with Crippen molar-refractivity contribution in [1.29, 1.82) is 0 Å². The van der Waals surface area contributed by atoms with Gasteiger partial charge in [0.25, 0.3) is 5.91 Å². The highest BCUT2D eigenvalue weighted by Crippen LogP contribution is 2.21. The van der Waals surface area contributed by atoms with Crippen LogP contribution in [-0.2, 0) is 0 Å². The van der Waals surface area contributed by atoms with E-state index >= 15 is 0 Å². The molecule has 1 heterocycles. The van der Waals surface area contributed by atoms with Crippen molar-refractivity contribution in [2.24, 2.45) is 5.73 Å². The van der Waals surface area contributed by atoms with Crippen LogP contribution in [-0.4, -0.2) is 16.8 Å². The molecule has 0 saturated heterocycles. The standard InChI is InChI=1S/C14H11BrFN3O2/c1-7-10(16)4-8(13(17)20)5-12(7)19-14(21)11-3-2-9(15)6-18-11/h2-6H,1H3,(H2,17,20)(H,19,21). The maximum atomic E-state index is 13.7. The number of rotatable bonds is 3. The van der Waals surface area contributed by atoms with E-state index in [1.807, 2.05) is 0 Å². The number of anilines is 1. The Bertz CT molecular complexity index is 717. The Morgan fingerprint density at radius 1 is 1.33 bits per heavy atom. The minimum atomic E-state index is -0.772. The van der Waals surface area contributed by atoms with Crippen molar-refractivity contribution in [2.45, 2.75) is 6.92 Å². The summed E-state index contributed by atoms with van der Waals surface area (Å²) in [6.45, 7) is 1.49. The maximum Gasteiger partial charge on any atom is 0.274 e. The number of nitrogens with zero attached hydrogens (tertiary/aromatic N) is 1. The molecule has 0 radical (unpaired) electrons. The summed E-state index contributed by atoms with van der Waals surface area (Å²) >= 11 is 3.21. The zero-order chi connectivity index (χ0) is 15.6.